The summed E-state index contributed by atoms with van der Waals surface area (Å²) in [4.78, 5) is 25.4. The van der Waals surface area contributed by atoms with Gasteiger partial charge in [-0.15, -0.1) is 0 Å². The monoisotopic (exact) mass is 195 g/mol. The van der Waals surface area contributed by atoms with Gasteiger partial charge in [-0.3, -0.25) is 9.59 Å². The molecule has 1 saturated carbocycles. The average Bonchev–Trinajstić information content (AvgIpc) is 2.91. The molecule has 0 radical (unpaired) electrons. The van der Waals surface area contributed by atoms with Crippen LogP contribution < -0.4 is 0 Å². The van der Waals surface area contributed by atoms with Gasteiger partial charge in [-0.1, -0.05) is 0 Å². The number of hydrogen-bond donors (Lipinski definition) is 0. The lowest BCUT2D eigenvalue weighted by atomic mass is 9.88. The van der Waals surface area contributed by atoms with Crippen LogP contribution in [0.2, 0.25) is 0 Å². The van der Waals surface area contributed by atoms with E-state index in [1.807, 2.05) is 13.8 Å². The second kappa shape index (κ2) is 3.07. The topological polar surface area (TPSA) is 37.4 Å². The van der Waals surface area contributed by atoms with Crippen LogP contribution in [0.3, 0.4) is 0 Å². The highest BCUT2D eigenvalue weighted by molar-refractivity contribution is 5.94. The Balaban J connectivity index is 2.15. The third kappa shape index (κ3) is 1.45. The molecule has 0 aromatic carbocycles. The van der Waals surface area contributed by atoms with Gasteiger partial charge < -0.3 is 4.90 Å². The number of piperidine rings is 1. The minimum Gasteiger partial charge on any atom is -0.330 e. The summed E-state index contributed by atoms with van der Waals surface area (Å²) in [5.74, 6) is 0.626. The molecule has 1 aliphatic heterocycles. The second-order valence-corrected chi connectivity index (χ2v) is 4.85. The third-order valence-corrected chi connectivity index (χ3v) is 3.34. The van der Waals surface area contributed by atoms with Gasteiger partial charge in [-0.25, -0.2) is 0 Å². The van der Waals surface area contributed by atoms with Crippen molar-refractivity contribution in [2.45, 2.75) is 45.1 Å². The first-order valence-electron chi connectivity index (χ1n) is 5.38. The maximum atomic E-state index is 11.9. The minimum absolute atomic E-state index is 0.197. The third-order valence-electron chi connectivity index (χ3n) is 3.34. The van der Waals surface area contributed by atoms with E-state index < -0.39 is 5.54 Å². The van der Waals surface area contributed by atoms with Crippen LogP contribution in [-0.4, -0.2) is 28.7 Å². The molecule has 2 aliphatic rings. The Morgan fingerprint density at radius 1 is 1.43 bits per heavy atom. The van der Waals surface area contributed by atoms with Crippen LogP contribution in [0.4, 0.5) is 0 Å². The van der Waals surface area contributed by atoms with E-state index in [4.69, 9.17) is 0 Å². The fraction of sp³-hybridized carbons (Fsp3) is 0.818. The van der Waals surface area contributed by atoms with Gasteiger partial charge >= 0.3 is 0 Å². The predicted molar refractivity (Wildman–Crippen MR) is 52.8 cm³/mol. The molecule has 2 rings (SSSR count). The lowest BCUT2D eigenvalue weighted by molar-refractivity contribution is -0.149. The molecule has 0 aromatic heterocycles. The molecular formula is C11H17NO2. The van der Waals surface area contributed by atoms with Gasteiger partial charge in [0.2, 0.25) is 5.91 Å². The first-order chi connectivity index (χ1) is 6.53. The number of carbonyl (C=O) groups is 2. The predicted octanol–water partition coefficient (Wildman–Crippen LogP) is 1.37. The Morgan fingerprint density at radius 2 is 2.07 bits per heavy atom. The van der Waals surface area contributed by atoms with E-state index in [0.717, 1.165) is 25.8 Å². The molecule has 0 unspecified atom stereocenters. The lowest BCUT2D eigenvalue weighted by Crippen LogP contribution is -2.56. The van der Waals surface area contributed by atoms with Gasteiger partial charge in [0.25, 0.3) is 0 Å². The van der Waals surface area contributed by atoms with Crippen molar-refractivity contribution in [3.63, 3.8) is 0 Å². The largest absolute Gasteiger partial charge is 0.330 e. The first-order valence-corrected chi connectivity index (χ1v) is 5.38. The van der Waals surface area contributed by atoms with Crippen LogP contribution in [0.25, 0.3) is 0 Å². The Bertz CT molecular complexity index is 279. The molecule has 0 atom stereocenters. The molecule has 3 nitrogen and oxygen atoms in total. The fourth-order valence-electron chi connectivity index (χ4n) is 2.07. The first kappa shape index (κ1) is 9.69. The smallest absolute Gasteiger partial charge is 0.226 e. The molecule has 1 saturated heterocycles. The van der Waals surface area contributed by atoms with E-state index in [-0.39, 0.29) is 17.6 Å². The van der Waals surface area contributed by atoms with Gasteiger partial charge in [-0.2, -0.15) is 0 Å². The van der Waals surface area contributed by atoms with Crippen LogP contribution in [0.15, 0.2) is 0 Å². The van der Waals surface area contributed by atoms with Crippen molar-refractivity contribution in [3.05, 3.63) is 0 Å². The molecule has 1 amide bonds. The van der Waals surface area contributed by atoms with Gasteiger partial charge in [0, 0.05) is 18.9 Å². The number of nitrogens with zero attached hydrogens (tertiary/aromatic N) is 1. The average molecular weight is 195 g/mol. The van der Waals surface area contributed by atoms with Crippen molar-refractivity contribution >= 4 is 11.7 Å². The minimum atomic E-state index is -0.558. The van der Waals surface area contributed by atoms with Gasteiger partial charge in [0.15, 0.2) is 5.78 Å². The summed E-state index contributed by atoms with van der Waals surface area (Å²) in [5.41, 5.74) is -0.558. The van der Waals surface area contributed by atoms with E-state index in [9.17, 15) is 9.59 Å². The van der Waals surface area contributed by atoms with Gasteiger partial charge in [0.1, 0.15) is 0 Å². The van der Waals surface area contributed by atoms with Crippen molar-refractivity contribution in [1.29, 1.82) is 0 Å². The molecule has 0 spiro atoms. The Hall–Kier alpha value is -0.860. The van der Waals surface area contributed by atoms with Crippen molar-refractivity contribution in [2.75, 3.05) is 6.54 Å². The number of ketones is 1. The molecule has 1 aliphatic carbocycles. The summed E-state index contributed by atoms with van der Waals surface area (Å²) >= 11 is 0. The molecule has 0 bridgehead atoms. The highest BCUT2D eigenvalue weighted by Gasteiger charge is 2.44. The number of hydrogen-bond acceptors (Lipinski definition) is 2. The van der Waals surface area contributed by atoms with Crippen LogP contribution in [0, 0.1) is 5.92 Å². The number of carbonyl (C=O) groups excluding carboxylic acids is 2. The maximum Gasteiger partial charge on any atom is 0.226 e. The summed E-state index contributed by atoms with van der Waals surface area (Å²) < 4.78 is 0. The molecule has 3 heteroatoms. The zero-order chi connectivity index (χ0) is 10.3. The Kier molecular flexibility index (Phi) is 2.13. The summed E-state index contributed by atoms with van der Waals surface area (Å²) in [7, 11) is 0. The zero-order valence-electron chi connectivity index (χ0n) is 8.88. The summed E-state index contributed by atoms with van der Waals surface area (Å²) in [6, 6.07) is 0. The van der Waals surface area contributed by atoms with Crippen molar-refractivity contribution in [1.82, 2.24) is 4.90 Å². The molecule has 78 valence electrons. The van der Waals surface area contributed by atoms with E-state index in [0.29, 0.717) is 6.42 Å². The fourth-order valence-corrected chi connectivity index (χ4v) is 2.07. The summed E-state index contributed by atoms with van der Waals surface area (Å²) in [5, 5.41) is 0. The molecule has 2 fully saturated rings. The van der Waals surface area contributed by atoms with Crippen LogP contribution in [-0.2, 0) is 9.59 Å². The SMILES string of the molecule is CC1(C)C(=O)CCCN1C(=O)C1CC1. The van der Waals surface area contributed by atoms with Crippen LogP contribution in [0.1, 0.15) is 39.5 Å². The second-order valence-electron chi connectivity index (χ2n) is 4.85. The summed E-state index contributed by atoms with van der Waals surface area (Å²) in [6.45, 7) is 4.50. The number of Topliss-reactive ketones (excluding diaryl/α,β-unsaturated/α-hetero) is 1. The Morgan fingerprint density at radius 3 is 2.64 bits per heavy atom. The van der Waals surface area contributed by atoms with E-state index >= 15 is 0 Å². The quantitative estimate of drug-likeness (QED) is 0.633. The zero-order valence-corrected chi connectivity index (χ0v) is 8.88. The number of likely N-dealkylation sites (tertiary alicyclic amines) is 1. The van der Waals surface area contributed by atoms with Gasteiger partial charge in [0.05, 0.1) is 5.54 Å². The highest BCUT2D eigenvalue weighted by Crippen LogP contribution is 2.35. The molecule has 0 aromatic rings. The van der Waals surface area contributed by atoms with Crippen molar-refractivity contribution in [2.24, 2.45) is 5.92 Å². The standard InChI is InChI=1S/C11H17NO2/c1-11(2)9(13)4-3-7-12(11)10(14)8-5-6-8/h8H,3-7H2,1-2H3. The van der Waals surface area contributed by atoms with Crippen LogP contribution >= 0.6 is 0 Å². The molecule has 1 heterocycles. The highest BCUT2D eigenvalue weighted by atomic mass is 16.2. The molecule has 0 N–H and O–H groups in total. The maximum absolute atomic E-state index is 11.9. The van der Waals surface area contributed by atoms with Crippen molar-refractivity contribution < 1.29 is 9.59 Å². The van der Waals surface area contributed by atoms with E-state index in [1.165, 1.54) is 0 Å². The number of amides is 1. The molecule has 14 heavy (non-hydrogen) atoms. The van der Waals surface area contributed by atoms with Gasteiger partial charge in [-0.05, 0) is 33.1 Å². The Labute approximate surface area is 84.5 Å². The summed E-state index contributed by atoms with van der Waals surface area (Å²) in [6.07, 6.45) is 3.49. The van der Waals surface area contributed by atoms with E-state index in [2.05, 4.69) is 0 Å². The molecular weight excluding hydrogens is 178 g/mol. The normalized spacial score (nSPS) is 26.4. The van der Waals surface area contributed by atoms with Crippen LogP contribution in [0.5, 0.6) is 0 Å². The van der Waals surface area contributed by atoms with E-state index in [1.54, 1.807) is 4.90 Å². The number of rotatable bonds is 1. The van der Waals surface area contributed by atoms with Crippen molar-refractivity contribution in [3.8, 4) is 0 Å². The lowest BCUT2D eigenvalue weighted by Gasteiger charge is -2.41.